The number of hydrogen-bond acceptors (Lipinski definition) is 3. The largest absolute Gasteiger partial charge is 0.493 e. The Morgan fingerprint density at radius 2 is 1.96 bits per heavy atom. The van der Waals surface area contributed by atoms with Crippen LogP contribution in [0.25, 0.3) is 0 Å². The third kappa shape index (κ3) is 5.75. The van der Waals surface area contributed by atoms with Gasteiger partial charge in [-0.1, -0.05) is 15.9 Å². The molecule has 2 rings (SSSR count). The van der Waals surface area contributed by atoms with Crippen LogP contribution in [0.15, 0.2) is 40.9 Å². The van der Waals surface area contributed by atoms with E-state index in [1.165, 1.54) is 0 Å². The smallest absolute Gasteiger partial charge is 0.279 e. The van der Waals surface area contributed by atoms with Crippen LogP contribution < -0.4 is 19.7 Å². The molecule has 0 aliphatic rings. The average molecular weight is 422 g/mol. The van der Waals surface area contributed by atoms with Crippen LogP contribution in [-0.4, -0.2) is 33.2 Å². The summed E-state index contributed by atoms with van der Waals surface area (Å²) >= 11 is 3.43. The molecule has 2 aromatic rings. The van der Waals surface area contributed by atoms with Gasteiger partial charge in [0.2, 0.25) is 0 Å². The Balaban J connectivity index is 1.95. The maximum absolute atomic E-state index is 12.3. The minimum atomic E-state index is -0.00850. The number of halogens is 1. The summed E-state index contributed by atoms with van der Waals surface area (Å²) in [6.07, 6.45) is 0. The van der Waals surface area contributed by atoms with Gasteiger partial charge in [-0.15, -0.1) is 0 Å². The molecule has 1 atom stereocenters. The fraction of sp³-hybridized carbons (Fsp3) is 0.350. The van der Waals surface area contributed by atoms with Gasteiger partial charge in [0.15, 0.2) is 18.0 Å². The molecule has 2 aromatic carbocycles. The van der Waals surface area contributed by atoms with Gasteiger partial charge in [-0.05, 0) is 55.8 Å². The molecule has 0 aliphatic heterocycles. The number of rotatable bonds is 8. The topological polar surface area (TPSA) is 52.0 Å². The molecule has 0 aromatic heterocycles. The molecule has 0 radical (unpaired) electrons. The molecule has 0 fully saturated rings. The highest BCUT2D eigenvalue weighted by Gasteiger charge is 2.13. The lowest BCUT2D eigenvalue weighted by Gasteiger charge is -2.16. The maximum Gasteiger partial charge on any atom is 0.279 e. The molecule has 0 saturated carbocycles. The van der Waals surface area contributed by atoms with Gasteiger partial charge in [0.1, 0.15) is 6.54 Å². The Morgan fingerprint density at radius 3 is 2.62 bits per heavy atom. The number of amides is 1. The molecular formula is C20H26BrN2O3+. The van der Waals surface area contributed by atoms with E-state index in [0.717, 1.165) is 38.5 Å². The molecular weight excluding hydrogens is 396 g/mol. The highest BCUT2D eigenvalue weighted by Crippen LogP contribution is 2.27. The van der Waals surface area contributed by atoms with Crippen molar-refractivity contribution in [2.24, 2.45) is 0 Å². The van der Waals surface area contributed by atoms with Crippen LogP contribution in [0.5, 0.6) is 11.5 Å². The Bertz CT molecular complexity index is 765. The van der Waals surface area contributed by atoms with Crippen LogP contribution in [0.2, 0.25) is 0 Å². The minimum absolute atomic E-state index is 0.00850. The van der Waals surface area contributed by atoms with E-state index in [0.29, 0.717) is 18.9 Å². The normalized spacial score (nSPS) is 11.7. The Hall–Kier alpha value is -2.05. The monoisotopic (exact) mass is 421 g/mol. The van der Waals surface area contributed by atoms with Crippen LogP contribution in [-0.2, 0) is 11.3 Å². The zero-order valence-corrected chi connectivity index (χ0v) is 17.3. The third-order valence-corrected chi connectivity index (χ3v) is 4.45. The van der Waals surface area contributed by atoms with Crippen LogP contribution in [0.3, 0.4) is 0 Å². The number of likely N-dealkylation sites (N-methyl/N-ethyl adjacent to an activating group) is 1. The molecule has 140 valence electrons. The van der Waals surface area contributed by atoms with E-state index in [2.05, 4.69) is 21.2 Å². The van der Waals surface area contributed by atoms with Crippen molar-refractivity contribution in [3.05, 3.63) is 52.0 Å². The summed E-state index contributed by atoms with van der Waals surface area (Å²) in [7, 11) is 3.63. The molecule has 0 aliphatic carbocycles. The van der Waals surface area contributed by atoms with Gasteiger partial charge in [0.05, 0.1) is 20.8 Å². The van der Waals surface area contributed by atoms with Crippen LogP contribution in [0.1, 0.15) is 18.1 Å². The fourth-order valence-corrected chi connectivity index (χ4v) is 3.22. The predicted octanol–water partition coefficient (Wildman–Crippen LogP) is 2.82. The molecule has 0 bridgehead atoms. The maximum atomic E-state index is 12.3. The number of benzene rings is 2. The highest BCUT2D eigenvalue weighted by atomic mass is 79.9. The average Bonchev–Trinajstić information content (AvgIpc) is 2.58. The number of methoxy groups -OCH3 is 1. The summed E-state index contributed by atoms with van der Waals surface area (Å²) in [5, 5.41) is 2.98. The molecule has 1 unspecified atom stereocenters. The van der Waals surface area contributed by atoms with Gasteiger partial charge in [-0.25, -0.2) is 0 Å². The van der Waals surface area contributed by atoms with Gasteiger partial charge < -0.3 is 19.7 Å². The molecule has 26 heavy (non-hydrogen) atoms. The summed E-state index contributed by atoms with van der Waals surface area (Å²) in [4.78, 5) is 13.4. The van der Waals surface area contributed by atoms with E-state index in [1.54, 1.807) is 7.11 Å². The lowest BCUT2D eigenvalue weighted by Crippen LogP contribution is -3.08. The molecule has 1 amide bonds. The second kappa shape index (κ2) is 9.59. The zero-order chi connectivity index (χ0) is 19.1. The summed E-state index contributed by atoms with van der Waals surface area (Å²) in [6.45, 7) is 5.61. The summed E-state index contributed by atoms with van der Waals surface area (Å²) in [6, 6.07) is 11.7. The minimum Gasteiger partial charge on any atom is -0.493 e. The summed E-state index contributed by atoms with van der Waals surface area (Å²) in [5.74, 6) is 1.44. The van der Waals surface area contributed by atoms with Gasteiger partial charge in [0.25, 0.3) is 5.91 Å². The van der Waals surface area contributed by atoms with Crippen molar-refractivity contribution in [2.75, 3.05) is 32.6 Å². The van der Waals surface area contributed by atoms with Crippen molar-refractivity contribution in [3.63, 3.8) is 0 Å². The van der Waals surface area contributed by atoms with Crippen molar-refractivity contribution in [1.82, 2.24) is 0 Å². The van der Waals surface area contributed by atoms with Crippen LogP contribution in [0.4, 0.5) is 5.69 Å². The Labute approximate surface area is 163 Å². The number of anilines is 1. The first-order valence-corrected chi connectivity index (χ1v) is 9.39. The van der Waals surface area contributed by atoms with Crippen molar-refractivity contribution >= 4 is 27.5 Å². The number of carbonyl (C=O) groups excluding carboxylic acids is 1. The van der Waals surface area contributed by atoms with E-state index < -0.39 is 0 Å². The fourth-order valence-electron chi connectivity index (χ4n) is 2.74. The first-order valence-electron chi connectivity index (χ1n) is 8.60. The molecule has 5 nitrogen and oxygen atoms in total. The lowest BCUT2D eigenvalue weighted by molar-refractivity contribution is -0.885. The van der Waals surface area contributed by atoms with E-state index >= 15 is 0 Å². The molecule has 6 heteroatoms. The third-order valence-electron chi connectivity index (χ3n) is 3.96. The van der Waals surface area contributed by atoms with Gasteiger partial charge >= 0.3 is 0 Å². The van der Waals surface area contributed by atoms with Crippen LogP contribution in [0, 0.1) is 6.92 Å². The number of aryl methyl sites for hydroxylation is 1. The molecule has 0 heterocycles. The Morgan fingerprint density at radius 1 is 1.19 bits per heavy atom. The van der Waals surface area contributed by atoms with E-state index in [9.17, 15) is 4.79 Å². The highest BCUT2D eigenvalue weighted by molar-refractivity contribution is 9.10. The van der Waals surface area contributed by atoms with Crippen molar-refractivity contribution in [1.29, 1.82) is 0 Å². The SMILES string of the molecule is CCOc1ccc(C[NH+](C)CC(=O)Nc2ccc(Br)cc2C)cc1OC. The first kappa shape index (κ1) is 20.3. The number of carbonyl (C=O) groups is 1. The number of ether oxygens (including phenoxy) is 2. The Kier molecular flexibility index (Phi) is 7.48. The van der Waals surface area contributed by atoms with Crippen molar-refractivity contribution in [2.45, 2.75) is 20.4 Å². The van der Waals surface area contributed by atoms with E-state index in [-0.39, 0.29) is 5.91 Å². The van der Waals surface area contributed by atoms with Crippen LogP contribution >= 0.6 is 15.9 Å². The lowest BCUT2D eigenvalue weighted by atomic mass is 10.2. The van der Waals surface area contributed by atoms with Crippen molar-refractivity contribution < 1.29 is 19.2 Å². The number of quaternary nitrogens is 1. The quantitative estimate of drug-likeness (QED) is 0.688. The molecule has 0 spiro atoms. The number of hydrogen-bond donors (Lipinski definition) is 2. The van der Waals surface area contributed by atoms with Crippen molar-refractivity contribution in [3.8, 4) is 11.5 Å². The summed E-state index contributed by atoms with van der Waals surface area (Å²) in [5.41, 5.74) is 2.96. The first-order chi connectivity index (χ1) is 12.4. The van der Waals surface area contributed by atoms with Gasteiger partial charge in [-0.2, -0.15) is 0 Å². The second-order valence-corrected chi connectivity index (χ2v) is 7.15. The molecule has 0 saturated heterocycles. The van der Waals surface area contributed by atoms with E-state index in [1.807, 2.05) is 57.3 Å². The van der Waals surface area contributed by atoms with Gasteiger partial charge in [-0.3, -0.25) is 4.79 Å². The predicted molar refractivity (Wildman–Crippen MR) is 107 cm³/mol. The standard InChI is InChI=1S/C20H25BrN2O3/c1-5-26-18-9-6-15(11-19(18)25-4)12-23(3)13-20(24)22-17-8-7-16(21)10-14(17)2/h6-11H,5,12-13H2,1-4H3,(H,22,24)/p+1. The summed E-state index contributed by atoms with van der Waals surface area (Å²) < 4.78 is 11.9. The second-order valence-electron chi connectivity index (χ2n) is 6.24. The zero-order valence-electron chi connectivity index (χ0n) is 15.7. The number of nitrogens with one attached hydrogen (secondary N) is 2. The molecule has 2 N–H and O–H groups in total. The van der Waals surface area contributed by atoms with E-state index in [4.69, 9.17) is 9.47 Å². The van der Waals surface area contributed by atoms with Gasteiger partial charge in [0, 0.05) is 15.7 Å².